The quantitative estimate of drug-likeness (QED) is 0.634. The monoisotopic (exact) mass is 374 g/mol. The van der Waals surface area contributed by atoms with Crippen LogP contribution in [0, 0.1) is 5.82 Å². The molecule has 0 aliphatic carbocycles. The number of carbonyl (C=O) groups is 1. The third-order valence-corrected chi connectivity index (χ3v) is 4.30. The van der Waals surface area contributed by atoms with E-state index in [0.717, 1.165) is 4.57 Å². The molecule has 142 valence electrons. The summed E-state index contributed by atoms with van der Waals surface area (Å²) in [7, 11) is 0. The Morgan fingerprint density at radius 1 is 1.22 bits per heavy atom. The summed E-state index contributed by atoms with van der Waals surface area (Å²) in [6.45, 7) is 5.28. The first kappa shape index (κ1) is 18.6. The maximum atomic E-state index is 13.3. The van der Waals surface area contributed by atoms with Crippen molar-refractivity contribution in [1.82, 2.24) is 18.7 Å². The number of rotatable bonds is 5. The van der Waals surface area contributed by atoms with E-state index in [1.807, 2.05) is 0 Å². The summed E-state index contributed by atoms with van der Waals surface area (Å²) >= 11 is 0. The Morgan fingerprint density at radius 3 is 2.48 bits per heavy atom. The number of imidazole rings is 1. The van der Waals surface area contributed by atoms with Gasteiger partial charge in [0.2, 0.25) is 0 Å². The van der Waals surface area contributed by atoms with Crippen molar-refractivity contribution in [2.75, 3.05) is 6.61 Å². The minimum atomic E-state index is -0.799. The third-order valence-electron chi connectivity index (χ3n) is 4.30. The van der Waals surface area contributed by atoms with Crippen LogP contribution in [0.1, 0.15) is 26.8 Å². The molecule has 0 saturated heterocycles. The van der Waals surface area contributed by atoms with E-state index in [4.69, 9.17) is 4.74 Å². The Hall–Kier alpha value is -3.23. The number of benzene rings is 1. The Bertz CT molecular complexity index is 1110. The lowest BCUT2D eigenvalue weighted by atomic mass is 10.3. The van der Waals surface area contributed by atoms with Gasteiger partial charge < -0.3 is 9.30 Å². The van der Waals surface area contributed by atoms with Gasteiger partial charge in [-0.25, -0.2) is 23.5 Å². The lowest BCUT2D eigenvalue weighted by Gasteiger charge is -2.14. The van der Waals surface area contributed by atoms with Gasteiger partial charge >= 0.3 is 11.7 Å². The number of hydrogen-bond acceptors (Lipinski definition) is 5. The average Bonchev–Trinajstić information content (AvgIpc) is 3.08. The molecule has 0 unspecified atom stereocenters. The van der Waals surface area contributed by atoms with Gasteiger partial charge in [0.25, 0.3) is 5.56 Å². The third kappa shape index (κ3) is 3.05. The summed E-state index contributed by atoms with van der Waals surface area (Å²) in [6, 6.07) is 4.48. The predicted molar refractivity (Wildman–Crippen MR) is 96.6 cm³/mol. The molecule has 0 aliphatic heterocycles. The highest BCUT2D eigenvalue weighted by molar-refractivity contribution is 5.79. The van der Waals surface area contributed by atoms with Crippen molar-refractivity contribution in [3.8, 4) is 5.69 Å². The summed E-state index contributed by atoms with van der Waals surface area (Å²) in [6.07, 6.45) is 1.33. The number of carbonyl (C=O) groups excluding carboxylic acids is 1. The molecule has 3 rings (SSSR count). The molecule has 2 aromatic heterocycles. The van der Waals surface area contributed by atoms with E-state index >= 15 is 0 Å². The fourth-order valence-electron chi connectivity index (χ4n) is 2.92. The first-order chi connectivity index (χ1) is 12.9. The van der Waals surface area contributed by atoms with Crippen LogP contribution >= 0.6 is 0 Å². The maximum absolute atomic E-state index is 13.3. The second kappa shape index (κ2) is 7.18. The molecule has 1 aromatic carbocycles. The summed E-state index contributed by atoms with van der Waals surface area (Å²) in [5, 5.41) is 0. The van der Waals surface area contributed by atoms with Crippen molar-refractivity contribution in [3.63, 3.8) is 0 Å². The second-order valence-electron chi connectivity index (χ2n) is 5.90. The summed E-state index contributed by atoms with van der Waals surface area (Å²) in [4.78, 5) is 42.0. The van der Waals surface area contributed by atoms with E-state index in [1.54, 1.807) is 20.8 Å². The van der Waals surface area contributed by atoms with Crippen molar-refractivity contribution < 1.29 is 13.9 Å². The van der Waals surface area contributed by atoms with E-state index in [1.165, 1.54) is 39.7 Å². The highest BCUT2D eigenvalue weighted by atomic mass is 19.1. The number of ether oxygens (including phenoxy) is 1. The maximum Gasteiger partial charge on any atom is 0.337 e. The van der Waals surface area contributed by atoms with E-state index in [2.05, 4.69) is 4.98 Å². The standard InChI is InChI=1S/C18H19FN4O4/c1-4-21-16(24)14-15(20-10-22(14)11(3)17(25)27-5-2)23(18(21)26)13-8-6-12(19)7-9-13/h6-11H,4-5H2,1-3H3/t11-/m0/s1. The smallest absolute Gasteiger partial charge is 0.337 e. The molecule has 27 heavy (non-hydrogen) atoms. The molecule has 0 saturated carbocycles. The van der Waals surface area contributed by atoms with Crippen LogP contribution in [0.25, 0.3) is 16.9 Å². The van der Waals surface area contributed by atoms with Crippen molar-refractivity contribution in [1.29, 1.82) is 0 Å². The Balaban J connectivity index is 2.35. The van der Waals surface area contributed by atoms with Gasteiger partial charge in [0.05, 0.1) is 18.6 Å². The van der Waals surface area contributed by atoms with E-state index < -0.39 is 29.1 Å². The molecule has 1 atom stereocenters. The molecule has 0 bridgehead atoms. The van der Waals surface area contributed by atoms with Gasteiger partial charge in [0.15, 0.2) is 11.2 Å². The minimum absolute atomic E-state index is 0.0949. The Labute approximate surface area is 153 Å². The number of fused-ring (bicyclic) bond motifs is 1. The molecule has 0 N–H and O–H groups in total. The molecule has 3 aromatic rings. The van der Waals surface area contributed by atoms with Gasteiger partial charge in [-0.1, -0.05) is 0 Å². The molecule has 9 heteroatoms. The van der Waals surface area contributed by atoms with Crippen LogP contribution in [0.2, 0.25) is 0 Å². The largest absolute Gasteiger partial charge is 0.464 e. The molecular formula is C18H19FN4O4. The number of nitrogens with zero attached hydrogens (tertiary/aromatic N) is 4. The van der Waals surface area contributed by atoms with Crippen LogP contribution in [0.5, 0.6) is 0 Å². The Morgan fingerprint density at radius 2 is 1.89 bits per heavy atom. The number of hydrogen-bond donors (Lipinski definition) is 0. The van der Waals surface area contributed by atoms with E-state index in [-0.39, 0.29) is 24.3 Å². The molecule has 0 amide bonds. The molecular weight excluding hydrogens is 355 g/mol. The van der Waals surface area contributed by atoms with Gasteiger partial charge in [-0.3, -0.25) is 9.36 Å². The average molecular weight is 374 g/mol. The zero-order valence-corrected chi connectivity index (χ0v) is 15.2. The van der Waals surface area contributed by atoms with Crippen LogP contribution in [0.4, 0.5) is 4.39 Å². The molecule has 8 nitrogen and oxygen atoms in total. The van der Waals surface area contributed by atoms with Crippen molar-refractivity contribution in [3.05, 3.63) is 57.2 Å². The summed E-state index contributed by atoms with van der Waals surface area (Å²) < 4.78 is 22.0. The molecule has 0 spiro atoms. The van der Waals surface area contributed by atoms with Crippen LogP contribution < -0.4 is 11.2 Å². The van der Waals surface area contributed by atoms with Crippen molar-refractivity contribution >= 4 is 17.1 Å². The Kier molecular flexibility index (Phi) is 4.93. The van der Waals surface area contributed by atoms with Crippen LogP contribution in [0.15, 0.2) is 40.2 Å². The van der Waals surface area contributed by atoms with E-state index in [9.17, 15) is 18.8 Å². The number of aromatic nitrogens is 4. The predicted octanol–water partition coefficient (Wildman–Crippen LogP) is 1.63. The van der Waals surface area contributed by atoms with Crippen LogP contribution in [-0.4, -0.2) is 31.3 Å². The fourth-order valence-corrected chi connectivity index (χ4v) is 2.92. The van der Waals surface area contributed by atoms with Crippen LogP contribution in [-0.2, 0) is 16.1 Å². The van der Waals surface area contributed by atoms with Gasteiger partial charge in [-0.2, -0.15) is 0 Å². The minimum Gasteiger partial charge on any atom is -0.464 e. The fraction of sp³-hybridized carbons (Fsp3) is 0.333. The molecule has 2 heterocycles. The second-order valence-corrected chi connectivity index (χ2v) is 5.90. The van der Waals surface area contributed by atoms with E-state index in [0.29, 0.717) is 5.69 Å². The first-order valence-corrected chi connectivity index (χ1v) is 8.55. The van der Waals surface area contributed by atoms with Crippen molar-refractivity contribution in [2.45, 2.75) is 33.4 Å². The number of halogens is 1. The lowest BCUT2D eigenvalue weighted by molar-refractivity contribution is -0.146. The summed E-state index contributed by atoms with van der Waals surface area (Å²) in [5.74, 6) is -0.966. The SMILES string of the molecule is CCOC(=O)[C@H](C)n1cnc2c1c(=O)n(CC)c(=O)n2-c1ccc(F)cc1. The highest BCUT2D eigenvalue weighted by Crippen LogP contribution is 2.18. The van der Waals surface area contributed by atoms with Gasteiger partial charge in [0, 0.05) is 6.54 Å². The lowest BCUT2D eigenvalue weighted by Crippen LogP contribution is -2.40. The zero-order valence-electron chi connectivity index (χ0n) is 15.2. The zero-order chi connectivity index (χ0) is 19.7. The van der Waals surface area contributed by atoms with Crippen LogP contribution in [0.3, 0.4) is 0 Å². The van der Waals surface area contributed by atoms with Gasteiger partial charge in [0.1, 0.15) is 11.9 Å². The highest BCUT2D eigenvalue weighted by Gasteiger charge is 2.24. The first-order valence-electron chi connectivity index (χ1n) is 8.55. The van der Waals surface area contributed by atoms with Gasteiger partial charge in [-0.15, -0.1) is 0 Å². The van der Waals surface area contributed by atoms with Crippen molar-refractivity contribution in [2.24, 2.45) is 0 Å². The topological polar surface area (TPSA) is 88.1 Å². The number of esters is 1. The molecule has 0 fully saturated rings. The molecule has 0 aliphatic rings. The normalized spacial score (nSPS) is 12.3. The van der Waals surface area contributed by atoms with Gasteiger partial charge in [-0.05, 0) is 45.0 Å². The summed E-state index contributed by atoms with van der Waals surface area (Å²) in [5.41, 5.74) is -0.582. The molecule has 0 radical (unpaired) electrons.